The fourth-order valence-corrected chi connectivity index (χ4v) is 3.99. The number of rotatable bonds is 7. The maximum atomic E-state index is 13.9. The Kier molecular flexibility index (Phi) is 6.58. The molecule has 0 radical (unpaired) electrons. The minimum Gasteiger partial charge on any atom is -0.497 e. The topological polar surface area (TPSA) is 82.5 Å². The van der Waals surface area contributed by atoms with E-state index in [1.165, 1.54) is 17.4 Å². The molecule has 7 nitrogen and oxygen atoms in total. The summed E-state index contributed by atoms with van der Waals surface area (Å²) in [4.78, 5) is 17.0. The van der Waals surface area contributed by atoms with Crippen LogP contribution in [0.1, 0.15) is 5.56 Å². The summed E-state index contributed by atoms with van der Waals surface area (Å²) in [5.74, 6) is 0.486. The van der Waals surface area contributed by atoms with Gasteiger partial charge in [-0.25, -0.2) is 4.39 Å². The van der Waals surface area contributed by atoms with E-state index in [-0.39, 0.29) is 22.7 Å². The third kappa shape index (κ3) is 5.28. The third-order valence-corrected chi connectivity index (χ3v) is 5.84. The van der Waals surface area contributed by atoms with Crippen LogP contribution in [-0.2, 0) is 11.3 Å². The molecule has 0 bridgehead atoms. The molecule has 0 aliphatic rings. The second kappa shape index (κ2) is 9.71. The molecule has 0 aliphatic heterocycles. The van der Waals surface area contributed by atoms with E-state index in [2.05, 4.69) is 15.2 Å². The predicted octanol–water partition coefficient (Wildman–Crippen LogP) is 4.02. The van der Waals surface area contributed by atoms with Crippen molar-refractivity contribution in [3.63, 3.8) is 0 Å². The van der Waals surface area contributed by atoms with Gasteiger partial charge in [0.05, 0.1) is 19.4 Å². The summed E-state index contributed by atoms with van der Waals surface area (Å²) < 4.78 is 26.4. The average Bonchev–Trinajstić information content (AvgIpc) is 3.44. The highest BCUT2D eigenvalue weighted by Crippen LogP contribution is 2.24. The first kappa shape index (κ1) is 21.0. The number of hydrogen-bond donors (Lipinski definition) is 0. The van der Waals surface area contributed by atoms with E-state index in [0.717, 1.165) is 23.1 Å². The summed E-state index contributed by atoms with van der Waals surface area (Å²) in [6.45, 7) is 0.296. The van der Waals surface area contributed by atoms with Crippen molar-refractivity contribution in [2.24, 2.45) is 4.99 Å². The number of carbonyl (C=O) groups is 1. The van der Waals surface area contributed by atoms with Crippen molar-refractivity contribution in [2.75, 3.05) is 12.9 Å². The van der Waals surface area contributed by atoms with Gasteiger partial charge in [-0.2, -0.15) is 4.99 Å². The SMILES string of the molecule is COc1ccc(-c2nnc(SCC(=O)N=c3sccn3Cc3ccccc3F)o2)cc1. The number of ether oxygens (including phenoxy) is 1. The van der Waals surface area contributed by atoms with Crippen molar-refractivity contribution >= 4 is 29.0 Å². The van der Waals surface area contributed by atoms with E-state index in [1.807, 2.05) is 12.1 Å². The molecule has 0 atom stereocenters. The van der Waals surface area contributed by atoms with E-state index in [4.69, 9.17) is 9.15 Å². The van der Waals surface area contributed by atoms with E-state index in [1.54, 1.807) is 53.6 Å². The Balaban J connectivity index is 1.40. The number of aromatic nitrogens is 3. The molecule has 0 spiro atoms. The van der Waals surface area contributed by atoms with Gasteiger partial charge in [-0.1, -0.05) is 30.0 Å². The normalized spacial score (nSPS) is 11.6. The second-order valence-electron chi connectivity index (χ2n) is 6.30. The smallest absolute Gasteiger partial charge is 0.277 e. The Bertz CT molecular complexity index is 1250. The van der Waals surface area contributed by atoms with E-state index < -0.39 is 0 Å². The third-order valence-electron chi connectivity index (χ3n) is 4.24. The Labute approximate surface area is 185 Å². The second-order valence-corrected chi connectivity index (χ2v) is 8.10. The van der Waals surface area contributed by atoms with Crippen molar-refractivity contribution in [2.45, 2.75) is 11.8 Å². The van der Waals surface area contributed by atoms with Gasteiger partial charge in [-0.15, -0.1) is 21.5 Å². The first-order chi connectivity index (χ1) is 15.1. The van der Waals surface area contributed by atoms with Crippen LogP contribution in [0.3, 0.4) is 0 Å². The Hall–Kier alpha value is -3.24. The largest absolute Gasteiger partial charge is 0.497 e. The van der Waals surface area contributed by atoms with Gasteiger partial charge in [0.1, 0.15) is 11.6 Å². The highest BCUT2D eigenvalue weighted by Gasteiger charge is 2.12. The molecule has 0 unspecified atom stereocenters. The van der Waals surface area contributed by atoms with Crippen LogP contribution in [0.2, 0.25) is 0 Å². The lowest BCUT2D eigenvalue weighted by atomic mass is 10.2. The fraction of sp³-hybridized carbons (Fsp3) is 0.143. The number of carbonyl (C=O) groups excluding carboxylic acids is 1. The average molecular weight is 457 g/mol. The van der Waals surface area contributed by atoms with Crippen LogP contribution in [0.25, 0.3) is 11.5 Å². The number of thioether (sulfide) groups is 1. The van der Waals surface area contributed by atoms with Crippen molar-refractivity contribution < 1.29 is 18.3 Å². The van der Waals surface area contributed by atoms with Crippen molar-refractivity contribution in [3.8, 4) is 17.2 Å². The Morgan fingerprint density at radius 2 is 2.03 bits per heavy atom. The summed E-state index contributed by atoms with van der Waals surface area (Å²) in [5.41, 5.74) is 1.28. The Morgan fingerprint density at radius 1 is 1.23 bits per heavy atom. The molecule has 158 valence electrons. The monoisotopic (exact) mass is 456 g/mol. The molecule has 0 fully saturated rings. The Morgan fingerprint density at radius 3 is 2.81 bits per heavy atom. The van der Waals surface area contributed by atoms with Crippen molar-refractivity contribution in [1.82, 2.24) is 14.8 Å². The van der Waals surface area contributed by atoms with Crippen LogP contribution in [0, 0.1) is 5.82 Å². The number of thiazole rings is 1. The maximum absolute atomic E-state index is 13.9. The molecule has 2 heterocycles. The molecule has 4 aromatic rings. The van der Waals surface area contributed by atoms with Gasteiger partial charge in [0, 0.05) is 22.7 Å². The summed E-state index contributed by atoms with van der Waals surface area (Å²) in [7, 11) is 1.59. The van der Waals surface area contributed by atoms with Crippen LogP contribution in [-0.4, -0.2) is 33.5 Å². The van der Waals surface area contributed by atoms with E-state index in [0.29, 0.717) is 22.8 Å². The predicted molar refractivity (Wildman–Crippen MR) is 115 cm³/mol. The van der Waals surface area contributed by atoms with Gasteiger partial charge < -0.3 is 13.7 Å². The van der Waals surface area contributed by atoms with Gasteiger partial charge in [0.25, 0.3) is 11.1 Å². The molecule has 2 aromatic heterocycles. The van der Waals surface area contributed by atoms with Crippen LogP contribution in [0.5, 0.6) is 5.75 Å². The van der Waals surface area contributed by atoms with Crippen LogP contribution >= 0.6 is 23.1 Å². The number of nitrogens with zero attached hydrogens (tertiary/aromatic N) is 4. The van der Waals surface area contributed by atoms with Crippen LogP contribution in [0.4, 0.5) is 4.39 Å². The van der Waals surface area contributed by atoms with Crippen LogP contribution < -0.4 is 9.54 Å². The first-order valence-electron chi connectivity index (χ1n) is 9.18. The quantitative estimate of drug-likeness (QED) is 0.391. The lowest BCUT2D eigenvalue weighted by molar-refractivity contribution is -0.115. The van der Waals surface area contributed by atoms with Crippen LogP contribution in [0.15, 0.2) is 74.7 Å². The number of amides is 1. The summed E-state index contributed by atoms with van der Waals surface area (Å²) >= 11 is 2.42. The van der Waals surface area contributed by atoms with E-state index >= 15 is 0 Å². The lowest BCUT2D eigenvalue weighted by Gasteiger charge is -2.04. The molecule has 1 amide bonds. The molecular formula is C21H17FN4O3S2. The zero-order valence-corrected chi connectivity index (χ0v) is 18.0. The minimum absolute atomic E-state index is 0.0435. The van der Waals surface area contributed by atoms with Crippen molar-refractivity contribution in [3.05, 3.63) is 76.3 Å². The molecule has 31 heavy (non-hydrogen) atoms. The standard InChI is InChI=1S/C21H17FN4O3S2/c1-28-16-8-6-14(7-9-16)19-24-25-21(29-19)31-13-18(27)23-20-26(10-11-30-20)12-15-4-2-3-5-17(15)22/h2-11H,12-13H2,1H3. The summed E-state index contributed by atoms with van der Waals surface area (Å²) in [6.07, 6.45) is 1.77. The van der Waals surface area contributed by atoms with Gasteiger partial charge in [0.15, 0.2) is 4.80 Å². The number of benzene rings is 2. The van der Waals surface area contributed by atoms with Gasteiger partial charge >= 0.3 is 0 Å². The number of hydrogen-bond acceptors (Lipinski definition) is 7. The first-order valence-corrected chi connectivity index (χ1v) is 11.0. The molecule has 10 heteroatoms. The summed E-state index contributed by atoms with van der Waals surface area (Å²) in [5, 5.41) is 10.1. The zero-order chi connectivity index (χ0) is 21.6. The van der Waals surface area contributed by atoms with Gasteiger partial charge in [0.2, 0.25) is 5.89 Å². The summed E-state index contributed by atoms with van der Waals surface area (Å²) in [6, 6.07) is 13.7. The molecule has 0 aliphatic carbocycles. The molecule has 4 rings (SSSR count). The fourth-order valence-electron chi connectivity index (χ4n) is 2.70. The molecule has 0 saturated heterocycles. The maximum Gasteiger partial charge on any atom is 0.277 e. The molecule has 2 aromatic carbocycles. The minimum atomic E-state index is -0.348. The molecular weight excluding hydrogens is 439 g/mol. The van der Waals surface area contributed by atoms with Crippen molar-refractivity contribution in [1.29, 1.82) is 0 Å². The van der Waals surface area contributed by atoms with Gasteiger partial charge in [-0.05, 0) is 30.3 Å². The van der Waals surface area contributed by atoms with Gasteiger partial charge in [-0.3, -0.25) is 4.79 Å². The highest BCUT2D eigenvalue weighted by molar-refractivity contribution is 7.99. The molecule has 0 saturated carbocycles. The number of halogens is 1. The van der Waals surface area contributed by atoms with E-state index in [9.17, 15) is 9.18 Å². The molecule has 0 N–H and O–H groups in total. The number of methoxy groups -OCH3 is 1. The highest BCUT2D eigenvalue weighted by atomic mass is 32.2. The zero-order valence-electron chi connectivity index (χ0n) is 16.4. The lowest BCUT2D eigenvalue weighted by Crippen LogP contribution is -2.18.